The minimum absolute atomic E-state index is 0.0997. The average molecular weight is 264 g/mol. The van der Waals surface area contributed by atoms with Crippen molar-refractivity contribution in [1.29, 1.82) is 0 Å². The van der Waals surface area contributed by atoms with Crippen LogP contribution in [0.2, 0.25) is 0 Å². The molecule has 96 valence electrons. The lowest BCUT2D eigenvalue weighted by Gasteiger charge is -2.07. The maximum atomic E-state index is 13.2. The molecule has 0 aromatic heterocycles. The van der Waals surface area contributed by atoms with E-state index in [-0.39, 0.29) is 24.4 Å². The van der Waals surface area contributed by atoms with Crippen molar-refractivity contribution >= 4 is 10.0 Å². The number of hydrogen-bond donors (Lipinski definition) is 2. The van der Waals surface area contributed by atoms with Gasteiger partial charge in [-0.2, -0.15) is 0 Å². The van der Waals surface area contributed by atoms with Crippen LogP contribution < -0.4 is 10.5 Å². The van der Waals surface area contributed by atoms with Gasteiger partial charge < -0.3 is 5.73 Å². The van der Waals surface area contributed by atoms with Gasteiger partial charge >= 0.3 is 0 Å². The molecule has 0 amide bonds. The number of hydrogen-bond acceptors (Lipinski definition) is 3. The van der Waals surface area contributed by atoms with Crippen molar-refractivity contribution in [1.82, 2.24) is 4.72 Å². The van der Waals surface area contributed by atoms with Crippen molar-refractivity contribution < 1.29 is 17.2 Å². The van der Waals surface area contributed by atoms with Crippen LogP contribution in [0.15, 0.2) is 18.2 Å². The van der Waals surface area contributed by atoms with E-state index in [0.717, 1.165) is 6.07 Å². The molecule has 7 heteroatoms. The third-order valence-electron chi connectivity index (χ3n) is 2.11. The van der Waals surface area contributed by atoms with E-state index in [2.05, 4.69) is 4.72 Å². The molecule has 0 bridgehead atoms. The van der Waals surface area contributed by atoms with Crippen molar-refractivity contribution in [3.8, 4) is 0 Å². The lowest BCUT2D eigenvalue weighted by molar-refractivity contribution is 0.561. The summed E-state index contributed by atoms with van der Waals surface area (Å²) in [5.74, 6) is -1.57. The summed E-state index contributed by atoms with van der Waals surface area (Å²) in [4.78, 5) is 0. The molecule has 0 radical (unpaired) electrons. The van der Waals surface area contributed by atoms with Crippen LogP contribution in [0.25, 0.3) is 0 Å². The van der Waals surface area contributed by atoms with Gasteiger partial charge in [-0.15, -0.1) is 0 Å². The molecule has 0 unspecified atom stereocenters. The van der Waals surface area contributed by atoms with Gasteiger partial charge in [0.2, 0.25) is 10.0 Å². The summed E-state index contributed by atoms with van der Waals surface area (Å²) in [7, 11) is -3.46. The second kappa shape index (κ2) is 6.04. The van der Waals surface area contributed by atoms with Gasteiger partial charge in [-0.05, 0) is 19.0 Å². The van der Waals surface area contributed by atoms with Crippen molar-refractivity contribution in [3.63, 3.8) is 0 Å². The maximum absolute atomic E-state index is 13.2. The van der Waals surface area contributed by atoms with E-state index in [1.807, 2.05) is 0 Å². The van der Waals surface area contributed by atoms with Gasteiger partial charge in [0, 0.05) is 18.2 Å². The Bertz CT molecular complexity index is 477. The van der Waals surface area contributed by atoms with Crippen LogP contribution in [0.3, 0.4) is 0 Å². The maximum Gasteiger partial charge on any atom is 0.211 e. The molecule has 17 heavy (non-hydrogen) atoms. The van der Waals surface area contributed by atoms with E-state index in [0.29, 0.717) is 12.5 Å². The topological polar surface area (TPSA) is 72.2 Å². The Morgan fingerprint density at radius 1 is 1.29 bits per heavy atom. The Labute approximate surface area is 98.9 Å². The second-order valence-corrected chi connectivity index (χ2v) is 5.44. The third-order valence-corrected chi connectivity index (χ3v) is 3.53. The summed E-state index contributed by atoms with van der Waals surface area (Å²) in [6.07, 6.45) is 0.335. The first-order valence-corrected chi connectivity index (χ1v) is 6.71. The van der Waals surface area contributed by atoms with Gasteiger partial charge in [-0.3, -0.25) is 0 Å². The zero-order valence-electron chi connectivity index (χ0n) is 9.12. The first-order valence-electron chi connectivity index (χ1n) is 5.06. The fourth-order valence-electron chi connectivity index (χ4n) is 1.20. The number of benzene rings is 1. The minimum atomic E-state index is -3.46. The van der Waals surface area contributed by atoms with E-state index < -0.39 is 21.7 Å². The predicted octanol–water partition coefficient (Wildman–Crippen LogP) is 0.733. The zero-order valence-corrected chi connectivity index (χ0v) is 9.93. The smallest absolute Gasteiger partial charge is 0.211 e. The molecule has 1 rings (SSSR count). The fraction of sp³-hybridized carbons (Fsp3) is 0.400. The standard InChI is InChI=1S/C10H14F2N2O2S/c11-9-3-2-8(10(12)6-9)7-14-17(15,16)5-1-4-13/h2-3,6,14H,1,4-5,7,13H2. The van der Waals surface area contributed by atoms with E-state index in [9.17, 15) is 17.2 Å². The highest BCUT2D eigenvalue weighted by Crippen LogP contribution is 2.09. The summed E-state index contributed by atoms with van der Waals surface area (Å²) in [6.45, 7) is 0.0742. The summed E-state index contributed by atoms with van der Waals surface area (Å²) in [5, 5.41) is 0. The molecule has 1 aromatic carbocycles. The van der Waals surface area contributed by atoms with E-state index >= 15 is 0 Å². The number of nitrogens with one attached hydrogen (secondary N) is 1. The normalized spacial score (nSPS) is 11.7. The Balaban J connectivity index is 2.61. The molecule has 0 aliphatic rings. The number of halogens is 2. The molecule has 0 saturated heterocycles. The summed E-state index contributed by atoms with van der Waals surface area (Å²) in [6, 6.07) is 2.99. The Morgan fingerprint density at radius 2 is 2.00 bits per heavy atom. The van der Waals surface area contributed by atoms with E-state index in [4.69, 9.17) is 5.73 Å². The summed E-state index contributed by atoms with van der Waals surface area (Å²) >= 11 is 0. The largest absolute Gasteiger partial charge is 0.330 e. The lowest BCUT2D eigenvalue weighted by Crippen LogP contribution is -2.27. The van der Waals surface area contributed by atoms with Gasteiger partial charge in [0.25, 0.3) is 0 Å². The molecular formula is C10H14F2N2O2S. The number of sulfonamides is 1. The average Bonchev–Trinajstić information content (AvgIpc) is 2.25. The van der Waals surface area contributed by atoms with Crippen LogP contribution >= 0.6 is 0 Å². The Morgan fingerprint density at radius 3 is 2.59 bits per heavy atom. The fourth-order valence-corrected chi connectivity index (χ4v) is 2.26. The molecule has 4 nitrogen and oxygen atoms in total. The third kappa shape index (κ3) is 4.76. The Kier molecular flexibility index (Phi) is 4.98. The molecular weight excluding hydrogens is 250 g/mol. The number of nitrogens with two attached hydrogens (primary N) is 1. The van der Waals surface area contributed by atoms with Gasteiger partial charge in [0.05, 0.1) is 5.75 Å². The van der Waals surface area contributed by atoms with Gasteiger partial charge in [0.1, 0.15) is 11.6 Å². The highest BCUT2D eigenvalue weighted by Gasteiger charge is 2.11. The minimum Gasteiger partial charge on any atom is -0.330 e. The molecule has 0 atom stereocenters. The summed E-state index contributed by atoms with van der Waals surface area (Å²) in [5.41, 5.74) is 5.29. The van der Waals surface area contributed by atoms with Gasteiger partial charge in [-0.1, -0.05) is 6.07 Å². The molecule has 0 spiro atoms. The highest BCUT2D eigenvalue weighted by atomic mass is 32.2. The lowest BCUT2D eigenvalue weighted by atomic mass is 10.2. The molecule has 3 N–H and O–H groups in total. The van der Waals surface area contributed by atoms with Crippen LogP contribution in [-0.2, 0) is 16.6 Å². The van der Waals surface area contributed by atoms with E-state index in [1.54, 1.807) is 0 Å². The van der Waals surface area contributed by atoms with Crippen molar-refractivity contribution in [2.75, 3.05) is 12.3 Å². The van der Waals surface area contributed by atoms with Crippen LogP contribution in [0.5, 0.6) is 0 Å². The van der Waals surface area contributed by atoms with Gasteiger partial charge in [0.15, 0.2) is 0 Å². The van der Waals surface area contributed by atoms with Gasteiger partial charge in [-0.25, -0.2) is 21.9 Å². The van der Waals surface area contributed by atoms with Crippen molar-refractivity contribution in [2.24, 2.45) is 5.73 Å². The summed E-state index contributed by atoms with van der Waals surface area (Å²) < 4.78 is 50.8. The van der Waals surface area contributed by atoms with E-state index in [1.165, 1.54) is 6.07 Å². The first kappa shape index (κ1) is 14.0. The number of rotatable bonds is 6. The Hall–Kier alpha value is -1.05. The molecule has 0 heterocycles. The molecule has 0 aliphatic heterocycles. The molecule has 0 aliphatic carbocycles. The second-order valence-electron chi connectivity index (χ2n) is 3.52. The molecule has 0 fully saturated rings. The quantitative estimate of drug-likeness (QED) is 0.795. The van der Waals surface area contributed by atoms with Crippen LogP contribution in [-0.4, -0.2) is 20.7 Å². The SMILES string of the molecule is NCCCS(=O)(=O)NCc1ccc(F)cc1F. The monoisotopic (exact) mass is 264 g/mol. The first-order chi connectivity index (χ1) is 7.94. The van der Waals surface area contributed by atoms with Crippen molar-refractivity contribution in [3.05, 3.63) is 35.4 Å². The van der Waals surface area contributed by atoms with Crippen LogP contribution in [0.4, 0.5) is 8.78 Å². The van der Waals surface area contributed by atoms with Crippen LogP contribution in [0, 0.1) is 11.6 Å². The van der Waals surface area contributed by atoms with Crippen molar-refractivity contribution in [2.45, 2.75) is 13.0 Å². The predicted molar refractivity (Wildman–Crippen MR) is 60.7 cm³/mol. The molecule has 1 aromatic rings. The molecule has 0 saturated carbocycles. The van der Waals surface area contributed by atoms with Crippen LogP contribution in [0.1, 0.15) is 12.0 Å². The zero-order chi connectivity index (χ0) is 12.9. The highest BCUT2D eigenvalue weighted by molar-refractivity contribution is 7.89.